The molecule has 1 saturated carbocycles. The monoisotopic (exact) mass is 270 g/mol. The maximum Gasteiger partial charge on any atom is 0.236 e. The Hall–Kier alpha value is -0.610. The van der Waals surface area contributed by atoms with Crippen LogP contribution in [0.25, 0.3) is 0 Å². The molecule has 0 aromatic carbocycles. The summed E-state index contributed by atoms with van der Waals surface area (Å²) in [5.41, 5.74) is -0.602. The number of aliphatic hydroxyl groups is 1. The van der Waals surface area contributed by atoms with E-state index in [9.17, 15) is 9.90 Å². The van der Waals surface area contributed by atoms with E-state index in [4.69, 9.17) is 0 Å². The number of carbonyl (C=O) groups excluding carboxylic acids is 1. The molecule has 0 bridgehead atoms. The lowest BCUT2D eigenvalue weighted by Gasteiger charge is -2.36. The SMILES string of the molecule is CCC1CCC(O)(CNCC(=O)N(CC)CC)CC1. The van der Waals surface area contributed by atoms with Crippen molar-refractivity contribution in [1.82, 2.24) is 10.2 Å². The van der Waals surface area contributed by atoms with Crippen LogP contribution in [0, 0.1) is 5.92 Å². The van der Waals surface area contributed by atoms with Gasteiger partial charge in [0, 0.05) is 19.6 Å². The summed E-state index contributed by atoms with van der Waals surface area (Å²) in [5, 5.41) is 13.6. The van der Waals surface area contributed by atoms with Gasteiger partial charge < -0.3 is 15.3 Å². The highest BCUT2D eigenvalue weighted by Gasteiger charge is 2.32. The summed E-state index contributed by atoms with van der Waals surface area (Å²) in [6.07, 6.45) is 5.15. The molecule has 19 heavy (non-hydrogen) atoms. The molecule has 112 valence electrons. The highest BCUT2D eigenvalue weighted by Crippen LogP contribution is 2.33. The summed E-state index contributed by atoms with van der Waals surface area (Å²) < 4.78 is 0. The molecule has 1 aliphatic carbocycles. The molecule has 1 amide bonds. The van der Waals surface area contributed by atoms with Gasteiger partial charge >= 0.3 is 0 Å². The van der Waals surface area contributed by atoms with Gasteiger partial charge in [-0.05, 0) is 45.4 Å². The van der Waals surface area contributed by atoms with Gasteiger partial charge in [0.2, 0.25) is 5.91 Å². The van der Waals surface area contributed by atoms with Gasteiger partial charge in [0.1, 0.15) is 0 Å². The molecule has 4 nitrogen and oxygen atoms in total. The van der Waals surface area contributed by atoms with Crippen molar-refractivity contribution in [2.45, 2.75) is 58.5 Å². The fourth-order valence-electron chi connectivity index (χ4n) is 2.89. The number of carbonyl (C=O) groups is 1. The number of hydrogen-bond donors (Lipinski definition) is 2. The van der Waals surface area contributed by atoms with Crippen molar-refractivity contribution in [3.8, 4) is 0 Å². The van der Waals surface area contributed by atoms with E-state index in [0.29, 0.717) is 13.1 Å². The minimum Gasteiger partial charge on any atom is -0.389 e. The first-order valence-electron chi connectivity index (χ1n) is 7.75. The molecule has 1 rings (SSSR count). The lowest BCUT2D eigenvalue weighted by Crippen LogP contribution is -2.46. The van der Waals surface area contributed by atoms with Gasteiger partial charge in [-0.25, -0.2) is 0 Å². The number of nitrogens with one attached hydrogen (secondary N) is 1. The highest BCUT2D eigenvalue weighted by molar-refractivity contribution is 5.78. The van der Waals surface area contributed by atoms with E-state index >= 15 is 0 Å². The average molecular weight is 270 g/mol. The van der Waals surface area contributed by atoms with Crippen LogP contribution in [0.3, 0.4) is 0 Å². The second-order valence-electron chi connectivity index (χ2n) is 5.75. The van der Waals surface area contributed by atoms with Gasteiger partial charge in [0.25, 0.3) is 0 Å². The van der Waals surface area contributed by atoms with Crippen molar-refractivity contribution in [3.05, 3.63) is 0 Å². The maximum atomic E-state index is 11.8. The minimum absolute atomic E-state index is 0.121. The zero-order valence-corrected chi connectivity index (χ0v) is 12.7. The Morgan fingerprint density at radius 3 is 2.32 bits per heavy atom. The van der Waals surface area contributed by atoms with Gasteiger partial charge in [-0.15, -0.1) is 0 Å². The Labute approximate surface area is 117 Å². The summed E-state index contributed by atoms with van der Waals surface area (Å²) in [6, 6.07) is 0. The van der Waals surface area contributed by atoms with Crippen molar-refractivity contribution in [1.29, 1.82) is 0 Å². The highest BCUT2D eigenvalue weighted by atomic mass is 16.3. The second-order valence-corrected chi connectivity index (χ2v) is 5.75. The molecule has 0 aromatic rings. The lowest BCUT2D eigenvalue weighted by atomic mass is 9.78. The Morgan fingerprint density at radius 1 is 1.26 bits per heavy atom. The molecule has 0 heterocycles. The van der Waals surface area contributed by atoms with Gasteiger partial charge in [0.05, 0.1) is 12.1 Å². The first-order valence-corrected chi connectivity index (χ1v) is 7.75. The number of nitrogens with zero attached hydrogens (tertiary/aromatic N) is 1. The Balaban J connectivity index is 2.27. The van der Waals surface area contributed by atoms with Crippen LogP contribution in [0.5, 0.6) is 0 Å². The molecule has 0 saturated heterocycles. The van der Waals surface area contributed by atoms with E-state index < -0.39 is 5.60 Å². The van der Waals surface area contributed by atoms with Crippen molar-refractivity contribution < 1.29 is 9.90 Å². The van der Waals surface area contributed by atoms with Gasteiger partial charge in [-0.3, -0.25) is 4.79 Å². The summed E-state index contributed by atoms with van der Waals surface area (Å²) in [5.74, 6) is 0.897. The van der Waals surface area contributed by atoms with E-state index in [2.05, 4.69) is 12.2 Å². The molecule has 0 unspecified atom stereocenters. The third-order valence-electron chi connectivity index (χ3n) is 4.46. The number of rotatable bonds is 7. The predicted octanol–water partition coefficient (Wildman–Crippen LogP) is 1.78. The quantitative estimate of drug-likeness (QED) is 0.741. The van der Waals surface area contributed by atoms with Crippen molar-refractivity contribution in [2.24, 2.45) is 5.92 Å². The standard InChI is InChI=1S/C15H30N2O2/c1-4-13-7-9-15(19,10-8-13)12-16-11-14(18)17(5-2)6-3/h13,16,19H,4-12H2,1-3H3. The van der Waals surface area contributed by atoms with Gasteiger partial charge in [-0.2, -0.15) is 0 Å². The van der Waals surface area contributed by atoms with Crippen LogP contribution in [0.1, 0.15) is 52.9 Å². The molecule has 0 atom stereocenters. The third-order valence-corrected chi connectivity index (χ3v) is 4.46. The van der Waals surface area contributed by atoms with Gasteiger partial charge in [0.15, 0.2) is 0 Å². The van der Waals surface area contributed by atoms with E-state index in [1.54, 1.807) is 0 Å². The largest absolute Gasteiger partial charge is 0.389 e. The van der Waals surface area contributed by atoms with E-state index in [0.717, 1.165) is 44.7 Å². The molecule has 0 aliphatic heterocycles. The average Bonchev–Trinajstić information content (AvgIpc) is 2.41. The fourth-order valence-corrected chi connectivity index (χ4v) is 2.89. The van der Waals surface area contributed by atoms with Crippen LogP contribution < -0.4 is 5.32 Å². The zero-order valence-electron chi connectivity index (χ0n) is 12.7. The van der Waals surface area contributed by atoms with Crippen LogP contribution in [0.4, 0.5) is 0 Å². The lowest BCUT2D eigenvalue weighted by molar-refractivity contribution is -0.130. The van der Waals surface area contributed by atoms with Gasteiger partial charge in [-0.1, -0.05) is 13.3 Å². The normalized spacial score (nSPS) is 27.3. The molecule has 0 spiro atoms. The third kappa shape index (κ3) is 5.11. The molecule has 0 radical (unpaired) electrons. The summed E-state index contributed by atoms with van der Waals surface area (Å²) >= 11 is 0. The van der Waals surface area contributed by atoms with Crippen LogP contribution >= 0.6 is 0 Å². The maximum absolute atomic E-state index is 11.8. The van der Waals surface area contributed by atoms with Crippen molar-refractivity contribution in [3.63, 3.8) is 0 Å². The Kier molecular flexibility index (Phi) is 6.80. The Morgan fingerprint density at radius 2 is 1.84 bits per heavy atom. The van der Waals surface area contributed by atoms with Crippen LogP contribution in [0.15, 0.2) is 0 Å². The second kappa shape index (κ2) is 7.85. The molecular formula is C15H30N2O2. The van der Waals surface area contributed by atoms with E-state index in [1.807, 2.05) is 18.7 Å². The zero-order chi connectivity index (χ0) is 14.3. The smallest absolute Gasteiger partial charge is 0.236 e. The predicted molar refractivity (Wildman–Crippen MR) is 78.0 cm³/mol. The molecule has 1 aliphatic rings. The first-order chi connectivity index (χ1) is 9.04. The molecule has 2 N–H and O–H groups in total. The first kappa shape index (κ1) is 16.4. The topological polar surface area (TPSA) is 52.6 Å². The molecule has 1 fully saturated rings. The van der Waals surface area contributed by atoms with Crippen LogP contribution in [-0.2, 0) is 4.79 Å². The fraction of sp³-hybridized carbons (Fsp3) is 0.933. The van der Waals surface area contributed by atoms with Crippen LogP contribution in [-0.4, -0.2) is 47.7 Å². The molecular weight excluding hydrogens is 240 g/mol. The number of amides is 1. The number of hydrogen-bond acceptors (Lipinski definition) is 3. The molecule has 0 aromatic heterocycles. The van der Waals surface area contributed by atoms with Crippen molar-refractivity contribution in [2.75, 3.05) is 26.2 Å². The minimum atomic E-state index is -0.602. The van der Waals surface area contributed by atoms with E-state index in [-0.39, 0.29) is 5.91 Å². The number of likely N-dealkylation sites (N-methyl/N-ethyl adjacent to an activating group) is 1. The Bertz CT molecular complexity index is 269. The summed E-state index contributed by atoms with van der Waals surface area (Å²) in [4.78, 5) is 13.6. The summed E-state index contributed by atoms with van der Waals surface area (Å²) in [7, 11) is 0. The summed E-state index contributed by atoms with van der Waals surface area (Å²) in [6.45, 7) is 8.56. The van der Waals surface area contributed by atoms with Crippen LogP contribution in [0.2, 0.25) is 0 Å². The van der Waals surface area contributed by atoms with E-state index in [1.165, 1.54) is 6.42 Å². The van der Waals surface area contributed by atoms with Crippen molar-refractivity contribution >= 4 is 5.91 Å². The molecule has 4 heteroatoms.